The zero-order chi connectivity index (χ0) is 25.6. The summed E-state index contributed by atoms with van der Waals surface area (Å²) >= 11 is 0. The first-order chi connectivity index (χ1) is 17.1. The first-order valence-electron chi connectivity index (χ1n) is 12.4. The summed E-state index contributed by atoms with van der Waals surface area (Å²) < 4.78 is 11.7. The molecule has 0 radical (unpaired) electrons. The average Bonchev–Trinajstić information content (AvgIpc) is 3.38. The number of hydrogen-bond acceptors (Lipinski definition) is 7. The third-order valence-electron chi connectivity index (χ3n) is 6.86. The van der Waals surface area contributed by atoms with Crippen LogP contribution in [0.3, 0.4) is 0 Å². The Labute approximate surface area is 210 Å². The Morgan fingerprint density at radius 1 is 1.08 bits per heavy atom. The third kappa shape index (κ3) is 4.91. The lowest BCUT2D eigenvalue weighted by Crippen LogP contribution is -2.56. The van der Waals surface area contributed by atoms with Crippen LogP contribution in [0.4, 0.5) is 4.79 Å². The van der Waals surface area contributed by atoms with Crippen LogP contribution in [0.5, 0.6) is 5.75 Å². The molecule has 1 fully saturated rings. The standard InChI is InChI=1S/C27H33N3O6/c1-27(2,3)36-26(34)29-12-17-8-7-16(11-18(17)13-29)15-35-22-6-4-5-19-20(22)14-30(25(19)33)21-9-10-23(31)28-24(21)32/h4-8,11,21,23-24,28,31-32H,9-10,12-15H2,1-3H3. The zero-order valence-corrected chi connectivity index (χ0v) is 20.9. The van der Waals surface area contributed by atoms with E-state index in [9.17, 15) is 19.8 Å². The molecule has 36 heavy (non-hydrogen) atoms. The maximum absolute atomic E-state index is 13.1. The molecule has 0 aromatic heterocycles. The minimum absolute atomic E-state index is 0.141. The molecule has 3 atom stereocenters. The van der Waals surface area contributed by atoms with Crippen LogP contribution in [-0.2, 0) is 31.0 Å². The molecule has 3 unspecified atom stereocenters. The monoisotopic (exact) mass is 495 g/mol. The molecular weight excluding hydrogens is 462 g/mol. The normalized spacial score (nSPS) is 23.5. The highest BCUT2D eigenvalue weighted by Gasteiger charge is 2.40. The van der Waals surface area contributed by atoms with E-state index in [1.807, 2.05) is 39.0 Å². The van der Waals surface area contributed by atoms with Gasteiger partial charge in [0.25, 0.3) is 5.91 Å². The van der Waals surface area contributed by atoms with Gasteiger partial charge in [0.2, 0.25) is 0 Å². The van der Waals surface area contributed by atoms with Crippen LogP contribution in [0.1, 0.15) is 66.2 Å². The van der Waals surface area contributed by atoms with E-state index in [1.54, 1.807) is 21.9 Å². The maximum Gasteiger partial charge on any atom is 0.410 e. The predicted octanol–water partition coefficient (Wildman–Crippen LogP) is 2.86. The van der Waals surface area contributed by atoms with Gasteiger partial charge in [-0.2, -0.15) is 0 Å². The molecular formula is C27H33N3O6. The molecule has 3 heterocycles. The number of rotatable bonds is 4. The Kier molecular flexibility index (Phi) is 6.40. The lowest BCUT2D eigenvalue weighted by Gasteiger charge is -2.37. The number of hydrogen-bond donors (Lipinski definition) is 3. The van der Waals surface area contributed by atoms with Crippen molar-refractivity contribution in [2.45, 2.75) is 84.0 Å². The number of carbonyl (C=O) groups excluding carboxylic acids is 2. The smallest absolute Gasteiger partial charge is 0.410 e. The first kappa shape index (κ1) is 24.5. The van der Waals surface area contributed by atoms with Gasteiger partial charge in [-0.25, -0.2) is 4.79 Å². The van der Waals surface area contributed by atoms with Crippen LogP contribution in [0, 0.1) is 0 Å². The molecule has 2 aromatic carbocycles. The summed E-state index contributed by atoms with van der Waals surface area (Å²) in [6.45, 7) is 7.26. The van der Waals surface area contributed by atoms with Crippen LogP contribution >= 0.6 is 0 Å². The number of amides is 2. The Bertz CT molecular complexity index is 1180. The molecule has 9 nitrogen and oxygen atoms in total. The van der Waals surface area contributed by atoms with E-state index in [2.05, 4.69) is 11.4 Å². The highest BCUT2D eigenvalue weighted by molar-refractivity contribution is 5.99. The summed E-state index contributed by atoms with van der Waals surface area (Å²) in [6, 6.07) is 11.1. The lowest BCUT2D eigenvalue weighted by atomic mass is 10.0. The number of nitrogens with zero attached hydrogens (tertiary/aromatic N) is 2. The van der Waals surface area contributed by atoms with E-state index < -0.39 is 24.1 Å². The van der Waals surface area contributed by atoms with E-state index in [1.165, 1.54) is 0 Å². The summed E-state index contributed by atoms with van der Waals surface area (Å²) in [5.74, 6) is 0.495. The number of ether oxygens (including phenoxy) is 2. The maximum atomic E-state index is 13.1. The molecule has 2 aromatic rings. The van der Waals surface area contributed by atoms with Gasteiger partial charge in [-0.3, -0.25) is 15.0 Å². The number of nitrogens with one attached hydrogen (secondary N) is 1. The van der Waals surface area contributed by atoms with Crippen molar-refractivity contribution in [1.82, 2.24) is 15.1 Å². The predicted molar refractivity (Wildman–Crippen MR) is 131 cm³/mol. The van der Waals surface area contributed by atoms with E-state index in [4.69, 9.17) is 9.47 Å². The number of fused-ring (bicyclic) bond motifs is 2. The second kappa shape index (κ2) is 9.38. The molecule has 9 heteroatoms. The summed E-state index contributed by atoms with van der Waals surface area (Å²) in [7, 11) is 0. The second-order valence-corrected chi connectivity index (χ2v) is 10.7. The van der Waals surface area contributed by atoms with E-state index in [-0.39, 0.29) is 12.0 Å². The van der Waals surface area contributed by atoms with Crippen molar-refractivity contribution in [2.75, 3.05) is 0 Å². The van der Waals surface area contributed by atoms with Crippen molar-refractivity contribution in [3.63, 3.8) is 0 Å². The number of benzene rings is 2. The van der Waals surface area contributed by atoms with Gasteiger partial charge in [-0.15, -0.1) is 0 Å². The highest BCUT2D eigenvalue weighted by Crippen LogP contribution is 2.35. The zero-order valence-electron chi connectivity index (χ0n) is 20.9. The summed E-state index contributed by atoms with van der Waals surface area (Å²) in [4.78, 5) is 28.9. The summed E-state index contributed by atoms with van der Waals surface area (Å²) in [5.41, 5.74) is 3.98. The SMILES string of the molecule is CC(C)(C)OC(=O)N1Cc2ccc(COc3cccc4c3CN(C3CCC(O)NC3O)C4=O)cc2C1. The first-order valence-corrected chi connectivity index (χ1v) is 12.4. The van der Waals surface area contributed by atoms with Gasteiger partial charge in [0.1, 0.15) is 30.4 Å². The highest BCUT2D eigenvalue weighted by atomic mass is 16.6. The summed E-state index contributed by atoms with van der Waals surface area (Å²) in [5, 5.41) is 22.8. The fraction of sp³-hybridized carbons (Fsp3) is 0.481. The van der Waals surface area contributed by atoms with Gasteiger partial charge < -0.3 is 24.6 Å². The topological polar surface area (TPSA) is 112 Å². The second-order valence-electron chi connectivity index (χ2n) is 10.7. The molecule has 0 aliphatic carbocycles. The lowest BCUT2D eigenvalue weighted by molar-refractivity contribution is -0.0478. The van der Waals surface area contributed by atoms with Crippen LogP contribution in [0.2, 0.25) is 0 Å². The van der Waals surface area contributed by atoms with Crippen molar-refractivity contribution in [2.24, 2.45) is 0 Å². The van der Waals surface area contributed by atoms with Crippen molar-refractivity contribution in [1.29, 1.82) is 0 Å². The van der Waals surface area contributed by atoms with Gasteiger partial charge in [0.15, 0.2) is 0 Å². The number of piperidine rings is 1. The quantitative estimate of drug-likeness (QED) is 0.598. The van der Waals surface area contributed by atoms with Gasteiger partial charge in [0, 0.05) is 24.2 Å². The molecule has 2 amide bonds. The van der Waals surface area contributed by atoms with Gasteiger partial charge in [-0.1, -0.05) is 24.3 Å². The minimum atomic E-state index is -0.983. The van der Waals surface area contributed by atoms with Crippen LogP contribution in [0.25, 0.3) is 0 Å². The molecule has 0 saturated carbocycles. The molecule has 0 bridgehead atoms. The Hall–Kier alpha value is -3.14. The van der Waals surface area contributed by atoms with Crippen LogP contribution in [0.15, 0.2) is 36.4 Å². The molecule has 3 aliphatic heterocycles. The van der Waals surface area contributed by atoms with Crippen molar-refractivity contribution in [3.05, 3.63) is 64.2 Å². The molecule has 3 N–H and O–H groups in total. The summed E-state index contributed by atoms with van der Waals surface area (Å²) in [6.07, 6.45) is -1.09. The Morgan fingerprint density at radius 3 is 2.61 bits per heavy atom. The van der Waals surface area contributed by atoms with Gasteiger partial charge in [-0.05, 0) is 62.4 Å². The van der Waals surface area contributed by atoms with Crippen molar-refractivity contribution < 1.29 is 29.3 Å². The van der Waals surface area contributed by atoms with E-state index >= 15 is 0 Å². The van der Waals surface area contributed by atoms with Crippen LogP contribution in [-0.4, -0.2) is 56.1 Å². The third-order valence-corrected chi connectivity index (χ3v) is 6.86. The molecule has 3 aliphatic rings. The fourth-order valence-electron chi connectivity index (χ4n) is 5.09. The largest absolute Gasteiger partial charge is 0.489 e. The molecule has 0 spiro atoms. The fourth-order valence-corrected chi connectivity index (χ4v) is 5.09. The average molecular weight is 496 g/mol. The van der Waals surface area contributed by atoms with Gasteiger partial charge in [0.05, 0.1) is 12.6 Å². The Morgan fingerprint density at radius 2 is 1.86 bits per heavy atom. The van der Waals surface area contributed by atoms with Crippen molar-refractivity contribution >= 4 is 12.0 Å². The van der Waals surface area contributed by atoms with E-state index in [0.29, 0.717) is 50.4 Å². The number of carbonyl (C=O) groups is 2. The molecule has 1 saturated heterocycles. The minimum Gasteiger partial charge on any atom is -0.489 e. The molecule has 5 rings (SSSR count). The number of aliphatic hydroxyl groups excluding tert-OH is 2. The van der Waals surface area contributed by atoms with Crippen LogP contribution < -0.4 is 10.1 Å². The number of aliphatic hydroxyl groups is 2. The van der Waals surface area contributed by atoms with Crippen molar-refractivity contribution in [3.8, 4) is 5.75 Å². The van der Waals surface area contributed by atoms with E-state index in [0.717, 1.165) is 22.3 Å². The molecule has 192 valence electrons. The Balaban J connectivity index is 1.25. The van der Waals surface area contributed by atoms with Gasteiger partial charge >= 0.3 is 6.09 Å².